The summed E-state index contributed by atoms with van der Waals surface area (Å²) in [4.78, 5) is 14.7. The molecule has 0 aliphatic heterocycles. The van der Waals surface area contributed by atoms with E-state index in [4.69, 9.17) is 0 Å². The Morgan fingerprint density at radius 2 is 1.48 bits per heavy atom. The number of thiophene rings is 1. The van der Waals surface area contributed by atoms with E-state index >= 15 is 0 Å². The lowest BCUT2D eigenvalue weighted by Crippen LogP contribution is -2.21. The lowest BCUT2D eigenvalue weighted by Gasteiger charge is -2.27. The van der Waals surface area contributed by atoms with Gasteiger partial charge in [-0.3, -0.25) is 4.79 Å². The fraction of sp³-hybridized carbons (Fsp3) is 0.0800. The standard InChI is InChI=1S/C25H20N3OPS/c29-25(28-22-15-8-7-14-21(22)26-27-28)18-23(24-16-9-17-31-24)30(19-10-3-1-4-11-19)20-12-5-2-6-13-20/h1-17,23H,18H2/t23-/m1/s1. The summed E-state index contributed by atoms with van der Waals surface area (Å²) in [7, 11) is -0.788. The Morgan fingerprint density at radius 3 is 2.13 bits per heavy atom. The van der Waals surface area contributed by atoms with Crippen molar-refractivity contribution in [2.24, 2.45) is 0 Å². The first-order valence-electron chi connectivity index (χ1n) is 10.1. The van der Waals surface area contributed by atoms with E-state index in [9.17, 15) is 4.79 Å². The van der Waals surface area contributed by atoms with Crippen LogP contribution in [0.25, 0.3) is 11.0 Å². The van der Waals surface area contributed by atoms with Gasteiger partial charge in [-0.15, -0.1) is 16.4 Å². The number of rotatable bonds is 6. The maximum atomic E-state index is 13.5. The summed E-state index contributed by atoms with van der Waals surface area (Å²) in [6.07, 6.45) is 0.364. The van der Waals surface area contributed by atoms with E-state index in [1.165, 1.54) is 20.2 Å². The highest BCUT2D eigenvalue weighted by molar-refractivity contribution is 7.73. The Morgan fingerprint density at radius 1 is 0.839 bits per heavy atom. The molecule has 0 unspecified atom stereocenters. The van der Waals surface area contributed by atoms with E-state index in [2.05, 4.69) is 76.4 Å². The third-order valence-corrected chi connectivity index (χ3v) is 9.16. The Bertz CT molecular complexity index is 1250. The molecule has 2 aromatic heterocycles. The minimum atomic E-state index is -0.788. The first-order chi connectivity index (χ1) is 15.3. The van der Waals surface area contributed by atoms with Gasteiger partial charge in [0.15, 0.2) is 0 Å². The average molecular weight is 441 g/mol. The molecule has 4 nitrogen and oxygen atoms in total. The van der Waals surface area contributed by atoms with Gasteiger partial charge in [-0.05, 0) is 42.1 Å². The van der Waals surface area contributed by atoms with Crippen molar-refractivity contribution in [3.8, 4) is 0 Å². The van der Waals surface area contributed by atoms with E-state index in [-0.39, 0.29) is 11.6 Å². The Kier molecular flexibility index (Phi) is 5.70. The second-order valence-corrected chi connectivity index (χ2v) is 10.5. The third kappa shape index (κ3) is 4.07. The van der Waals surface area contributed by atoms with E-state index in [1.807, 2.05) is 36.4 Å². The van der Waals surface area contributed by atoms with Crippen molar-refractivity contribution >= 4 is 46.8 Å². The molecule has 2 heterocycles. The molecular weight excluding hydrogens is 421 g/mol. The van der Waals surface area contributed by atoms with Crippen molar-refractivity contribution in [1.29, 1.82) is 0 Å². The summed E-state index contributed by atoms with van der Waals surface area (Å²) < 4.78 is 1.46. The van der Waals surface area contributed by atoms with Crippen molar-refractivity contribution in [2.75, 3.05) is 0 Å². The number of aromatic nitrogens is 3. The number of carbonyl (C=O) groups excluding carboxylic acids is 1. The van der Waals surface area contributed by atoms with Gasteiger partial charge in [0.1, 0.15) is 5.52 Å². The van der Waals surface area contributed by atoms with Gasteiger partial charge >= 0.3 is 0 Å². The summed E-state index contributed by atoms with van der Waals surface area (Å²) in [6.45, 7) is 0. The molecule has 152 valence electrons. The van der Waals surface area contributed by atoms with E-state index in [0.29, 0.717) is 6.42 Å². The molecule has 5 rings (SSSR count). The largest absolute Gasteiger partial charge is 0.272 e. The number of fused-ring (bicyclic) bond motifs is 1. The maximum Gasteiger partial charge on any atom is 0.249 e. The molecule has 5 aromatic rings. The second kappa shape index (κ2) is 8.93. The Labute approximate surface area is 185 Å². The number of nitrogens with zero attached hydrogens (tertiary/aromatic N) is 3. The van der Waals surface area contributed by atoms with Crippen LogP contribution in [0.3, 0.4) is 0 Å². The fourth-order valence-electron chi connectivity index (χ4n) is 3.79. The number of para-hydroxylation sites is 1. The molecule has 1 atom stereocenters. The molecule has 0 bridgehead atoms. The van der Waals surface area contributed by atoms with Crippen LogP contribution in [0.2, 0.25) is 0 Å². The first-order valence-corrected chi connectivity index (χ1v) is 12.4. The predicted octanol–water partition coefficient (Wildman–Crippen LogP) is 5.40. The molecule has 31 heavy (non-hydrogen) atoms. The molecule has 0 aliphatic carbocycles. The zero-order valence-electron chi connectivity index (χ0n) is 16.7. The molecule has 0 saturated carbocycles. The molecule has 0 amide bonds. The van der Waals surface area contributed by atoms with E-state index in [1.54, 1.807) is 11.3 Å². The van der Waals surface area contributed by atoms with Gasteiger partial charge in [0, 0.05) is 17.0 Å². The van der Waals surface area contributed by atoms with Crippen LogP contribution in [-0.2, 0) is 0 Å². The molecule has 0 spiro atoms. The van der Waals surface area contributed by atoms with Crippen LogP contribution in [0.15, 0.2) is 102 Å². The zero-order valence-corrected chi connectivity index (χ0v) is 18.4. The van der Waals surface area contributed by atoms with Crippen molar-refractivity contribution < 1.29 is 4.79 Å². The number of hydrogen-bond donors (Lipinski definition) is 0. The Hall–Kier alpha value is -3.14. The smallest absolute Gasteiger partial charge is 0.249 e. The van der Waals surface area contributed by atoms with Gasteiger partial charge in [0.25, 0.3) is 0 Å². The van der Waals surface area contributed by atoms with Crippen LogP contribution in [0.1, 0.15) is 21.8 Å². The summed E-state index contributed by atoms with van der Waals surface area (Å²) in [6, 6.07) is 32.9. The average Bonchev–Trinajstić information content (AvgIpc) is 3.50. The highest BCUT2D eigenvalue weighted by Crippen LogP contribution is 2.52. The monoisotopic (exact) mass is 441 g/mol. The van der Waals surface area contributed by atoms with Crippen LogP contribution in [0, 0.1) is 0 Å². The number of benzene rings is 3. The summed E-state index contributed by atoms with van der Waals surface area (Å²) in [5, 5.41) is 12.9. The van der Waals surface area contributed by atoms with Crippen molar-refractivity contribution in [1.82, 2.24) is 15.0 Å². The first kappa shape index (κ1) is 19.8. The lowest BCUT2D eigenvalue weighted by atomic mass is 10.2. The Balaban J connectivity index is 1.58. The van der Waals surface area contributed by atoms with Crippen LogP contribution < -0.4 is 10.6 Å². The van der Waals surface area contributed by atoms with Crippen molar-refractivity contribution in [2.45, 2.75) is 12.1 Å². The van der Waals surface area contributed by atoms with Crippen LogP contribution in [0.5, 0.6) is 0 Å². The minimum Gasteiger partial charge on any atom is -0.272 e. The fourth-order valence-corrected chi connectivity index (χ4v) is 7.69. The summed E-state index contributed by atoms with van der Waals surface area (Å²) in [5.41, 5.74) is 1.54. The van der Waals surface area contributed by atoms with Gasteiger partial charge < -0.3 is 0 Å². The number of hydrogen-bond acceptors (Lipinski definition) is 4. The van der Waals surface area contributed by atoms with Gasteiger partial charge in [-0.25, -0.2) is 0 Å². The van der Waals surface area contributed by atoms with E-state index in [0.717, 1.165) is 11.0 Å². The van der Waals surface area contributed by atoms with Crippen LogP contribution in [0.4, 0.5) is 0 Å². The predicted molar refractivity (Wildman–Crippen MR) is 129 cm³/mol. The van der Waals surface area contributed by atoms with Gasteiger partial charge in [-0.1, -0.05) is 84.1 Å². The van der Waals surface area contributed by atoms with Crippen molar-refractivity contribution in [3.05, 3.63) is 107 Å². The number of carbonyl (C=O) groups is 1. The molecule has 3 aromatic carbocycles. The molecule has 0 aliphatic rings. The third-order valence-electron chi connectivity index (χ3n) is 5.21. The van der Waals surface area contributed by atoms with Crippen LogP contribution in [-0.4, -0.2) is 20.9 Å². The van der Waals surface area contributed by atoms with Crippen LogP contribution >= 0.6 is 19.3 Å². The minimum absolute atomic E-state index is 0.0357. The van der Waals surface area contributed by atoms with Gasteiger partial charge in [-0.2, -0.15) is 4.68 Å². The van der Waals surface area contributed by atoms with E-state index < -0.39 is 7.92 Å². The molecule has 0 radical (unpaired) electrons. The van der Waals surface area contributed by atoms with Gasteiger partial charge in [0.2, 0.25) is 5.91 Å². The normalized spacial score (nSPS) is 12.3. The lowest BCUT2D eigenvalue weighted by molar-refractivity contribution is 0.0889. The zero-order chi connectivity index (χ0) is 21.0. The molecular formula is C25H20N3OPS. The molecule has 0 fully saturated rings. The summed E-state index contributed by atoms with van der Waals surface area (Å²) in [5.74, 6) is -0.0357. The maximum absolute atomic E-state index is 13.5. The molecule has 6 heteroatoms. The summed E-state index contributed by atoms with van der Waals surface area (Å²) >= 11 is 1.71. The van der Waals surface area contributed by atoms with Gasteiger partial charge in [0.05, 0.1) is 5.52 Å². The highest BCUT2D eigenvalue weighted by atomic mass is 32.1. The molecule has 0 N–H and O–H groups in total. The van der Waals surface area contributed by atoms with Crippen molar-refractivity contribution in [3.63, 3.8) is 0 Å². The highest BCUT2D eigenvalue weighted by Gasteiger charge is 2.30. The topological polar surface area (TPSA) is 47.8 Å². The molecule has 0 saturated heterocycles. The SMILES string of the molecule is O=C(C[C@H](c1cccs1)P(c1ccccc1)c1ccccc1)n1nnc2ccccc21. The quantitative estimate of drug-likeness (QED) is 0.332. The second-order valence-electron chi connectivity index (χ2n) is 7.16.